The minimum absolute atomic E-state index is 0.0893. The molecule has 140 valence electrons. The number of piperidine rings is 1. The summed E-state index contributed by atoms with van der Waals surface area (Å²) in [6, 6.07) is 5.96. The summed E-state index contributed by atoms with van der Waals surface area (Å²) in [7, 11) is 0.924. The molecule has 0 aliphatic carbocycles. The Labute approximate surface area is 155 Å². The molecule has 1 atom stereocenters. The van der Waals surface area contributed by atoms with E-state index in [1.165, 1.54) is 6.92 Å². The van der Waals surface area contributed by atoms with Gasteiger partial charge in [-0.3, -0.25) is 14.5 Å². The van der Waals surface area contributed by atoms with Crippen molar-refractivity contribution >= 4 is 18.7 Å². The third-order valence-electron chi connectivity index (χ3n) is 5.49. The standard InChI is InChI=1S/C19H27BN2O4/c1-13(23)18-5-3-4-14-10-15(20(25)26-19(14)18)11-17(24)12-22-8-6-16(21-2)7-9-22/h3-5,15-16,21,25H,6-12H2,1-2H3/t15-/m1/s1. The van der Waals surface area contributed by atoms with Crippen molar-refractivity contribution in [1.82, 2.24) is 10.2 Å². The van der Waals surface area contributed by atoms with Crippen molar-refractivity contribution in [1.29, 1.82) is 0 Å². The number of hydrogen-bond acceptors (Lipinski definition) is 6. The van der Waals surface area contributed by atoms with Crippen LogP contribution < -0.4 is 9.97 Å². The van der Waals surface area contributed by atoms with Crippen LogP contribution in [0, 0.1) is 0 Å². The van der Waals surface area contributed by atoms with Crippen molar-refractivity contribution in [3.63, 3.8) is 0 Å². The fraction of sp³-hybridized carbons (Fsp3) is 0.579. The van der Waals surface area contributed by atoms with Gasteiger partial charge in [0.25, 0.3) is 0 Å². The van der Waals surface area contributed by atoms with E-state index in [4.69, 9.17) is 4.65 Å². The first-order valence-electron chi connectivity index (χ1n) is 9.36. The van der Waals surface area contributed by atoms with Crippen molar-refractivity contribution in [2.75, 3.05) is 26.7 Å². The van der Waals surface area contributed by atoms with Gasteiger partial charge in [0.2, 0.25) is 0 Å². The SMILES string of the molecule is CNC1CCN(CC(=O)C[C@H]2Cc3cccc(C(C)=O)c3OB2O)CC1. The van der Waals surface area contributed by atoms with Crippen LogP contribution in [0.25, 0.3) is 0 Å². The van der Waals surface area contributed by atoms with Gasteiger partial charge in [-0.1, -0.05) is 12.1 Å². The zero-order valence-corrected chi connectivity index (χ0v) is 15.5. The highest BCUT2D eigenvalue weighted by molar-refractivity contribution is 6.47. The first-order valence-corrected chi connectivity index (χ1v) is 9.36. The first-order chi connectivity index (χ1) is 12.5. The molecule has 7 heteroatoms. The van der Waals surface area contributed by atoms with Gasteiger partial charge in [-0.2, -0.15) is 0 Å². The van der Waals surface area contributed by atoms with Gasteiger partial charge in [-0.25, -0.2) is 0 Å². The average molecular weight is 358 g/mol. The second kappa shape index (κ2) is 8.33. The molecule has 2 aliphatic heterocycles. The predicted octanol–water partition coefficient (Wildman–Crippen LogP) is 1.32. The number of para-hydroxylation sites is 1. The van der Waals surface area contributed by atoms with Crippen LogP contribution in [0.4, 0.5) is 0 Å². The minimum atomic E-state index is -1.05. The van der Waals surface area contributed by atoms with Crippen LogP contribution in [0.5, 0.6) is 5.75 Å². The summed E-state index contributed by atoms with van der Waals surface area (Å²) >= 11 is 0. The molecular weight excluding hydrogens is 331 g/mol. The molecule has 26 heavy (non-hydrogen) atoms. The third-order valence-corrected chi connectivity index (χ3v) is 5.49. The van der Waals surface area contributed by atoms with Crippen LogP contribution in [-0.2, 0) is 11.2 Å². The van der Waals surface area contributed by atoms with Gasteiger partial charge in [-0.05, 0) is 44.9 Å². The van der Waals surface area contributed by atoms with E-state index in [-0.39, 0.29) is 23.8 Å². The fourth-order valence-electron chi connectivity index (χ4n) is 3.92. The molecule has 3 rings (SSSR count). The van der Waals surface area contributed by atoms with E-state index in [2.05, 4.69) is 10.2 Å². The molecule has 0 aromatic heterocycles. The smallest absolute Gasteiger partial charge is 0.526 e. The van der Waals surface area contributed by atoms with Crippen LogP contribution >= 0.6 is 0 Å². The Morgan fingerprint density at radius 1 is 1.35 bits per heavy atom. The molecule has 0 saturated carbocycles. The lowest BCUT2D eigenvalue weighted by Crippen LogP contribution is -2.43. The molecule has 1 aromatic carbocycles. The zero-order chi connectivity index (χ0) is 18.7. The lowest BCUT2D eigenvalue weighted by molar-refractivity contribution is -0.120. The summed E-state index contributed by atoms with van der Waals surface area (Å²) in [6.45, 7) is 3.76. The van der Waals surface area contributed by atoms with Gasteiger partial charge >= 0.3 is 7.12 Å². The van der Waals surface area contributed by atoms with Crippen molar-refractivity contribution in [3.05, 3.63) is 29.3 Å². The average Bonchev–Trinajstić information content (AvgIpc) is 2.62. The molecule has 0 radical (unpaired) electrons. The van der Waals surface area contributed by atoms with Gasteiger partial charge in [-0.15, -0.1) is 0 Å². The molecule has 2 N–H and O–H groups in total. The summed E-state index contributed by atoms with van der Waals surface area (Å²) in [6.07, 6.45) is 2.95. The van der Waals surface area contributed by atoms with E-state index < -0.39 is 7.12 Å². The topological polar surface area (TPSA) is 78.9 Å². The van der Waals surface area contributed by atoms with Crippen LogP contribution in [0.1, 0.15) is 42.1 Å². The van der Waals surface area contributed by atoms with Crippen LogP contribution in [0.2, 0.25) is 5.82 Å². The Hall–Kier alpha value is -1.70. The Balaban J connectivity index is 1.58. The van der Waals surface area contributed by atoms with Crippen LogP contribution in [0.3, 0.4) is 0 Å². The number of nitrogens with zero attached hydrogens (tertiary/aromatic N) is 1. The third kappa shape index (κ3) is 4.34. The molecule has 0 bridgehead atoms. The molecule has 1 saturated heterocycles. The summed E-state index contributed by atoms with van der Waals surface area (Å²) in [5.74, 6) is 0.234. The highest BCUT2D eigenvalue weighted by Crippen LogP contribution is 2.36. The normalized spacial score (nSPS) is 21.2. The molecule has 6 nitrogen and oxygen atoms in total. The van der Waals surface area contributed by atoms with Crippen molar-refractivity contribution < 1.29 is 19.3 Å². The van der Waals surface area contributed by atoms with E-state index >= 15 is 0 Å². The first kappa shape index (κ1) is 19.1. The predicted molar refractivity (Wildman–Crippen MR) is 101 cm³/mol. The number of fused-ring (bicyclic) bond motifs is 1. The van der Waals surface area contributed by atoms with E-state index in [9.17, 15) is 14.6 Å². The van der Waals surface area contributed by atoms with Crippen molar-refractivity contribution in [2.24, 2.45) is 0 Å². The van der Waals surface area contributed by atoms with E-state index in [0.717, 1.165) is 31.5 Å². The molecule has 0 spiro atoms. The fourth-order valence-corrected chi connectivity index (χ4v) is 3.92. The van der Waals surface area contributed by atoms with Gasteiger partial charge in [0.1, 0.15) is 11.5 Å². The molecule has 1 aromatic rings. The Kier molecular flexibility index (Phi) is 6.11. The van der Waals surface area contributed by atoms with Gasteiger partial charge < -0.3 is 15.0 Å². The Bertz CT molecular complexity index is 674. The number of hydrogen-bond donors (Lipinski definition) is 2. The molecule has 2 heterocycles. The Morgan fingerprint density at radius 2 is 2.08 bits per heavy atom. The van der Waals surface area contributed by atoms with E-state index in [1.54, 1.807) is 6.07 Å². The Morgan fingerprint density at radius 3 is 2.73 bits per heavy atom. The molecule has 0 unspecified atom stereocenters. The van der Waals surface area contributed by atoms with Crippen LogP contribution in [0.15, 0.2) is 18.2 Å². The van der Waals surface area contributed by atoms with E-state index in [1.807, 2.05) is 19.2 Å². The summed E-state index contributed by atoms with van der Waals surface area (Å²) in [5.41, 5.74) is 1.37. The largest absolute Gasteiger partial charge is 0.535 e. The summed E-state index contributed by atoms with van der Waals surface area (Å²) in [5, 5.41) is 13.6. The highest BCUT2D eigenvalue weighted by atomic mass is 16.5. The van der Waals surface area contributed by atoms with Crippen LogP contribution in [-0.4, -0.2) is 61.3 Å². The number of likely N-dealkylation sites (tertiary alicyclic amines) is 1. The van der Waals surface area contributed by atoms with E-state index in [0.29, 0.717) is 30.3 Å². The maximum atomic E-state index is 12.5. The number of carbonyl (C=O) groups is 2. The second-order valence-electron chi connectivity index (χ2n) is 7.40. The quantitative estimate of drug-likeness (QED) is 0.590. The number of carbonyl (C=O) groups excluding carboxylic acids is 2. The monoisotopic (exact) mass is 358 g/mol. The molecular formula is C19H27BN2O4. The number of ketones is 2. The summed E-state index contributed by atoms with van der Waals surface area (Å²) < 4.78 is 5.62. The van der Waals surface area contributed by atoms with Crippen molar-refractivity contribution in [3.8, 4) is 5.75 Å². The van der Waals surface area contributed by atoms with Gasteiger partial charge in [0.15, 0.2) is 5.78 Å². The highest BCUT2D eigenvalue weighted by Gasteiger charge is 2.37. The molecule has 1 fully saturated rings. The maximum absolute atomic E-state index is 12.5. The van der Waals surface area contributed by atoms with Gasteiger partial charge in [0.05, 0.1) is 12.1 Å². The number of rotatable bonds is 6. The number of benzene rings is 1. The lowest BCUT2D eigenvalue weighted by Gasteiger charge is -2.32. The lowest BCUT2D eigenvalue weighted by atomic mass is 9.64. The number of nitrogens with one attached hydrogen (secondary N) is 1. The number of Topliss-reactive ketones (excluding diaryl/α,β-unsaturated/α-hetero) is 2. The maximum Gasteiger partial charge on any atom is 0.526 e. The minimum Gasteiger partial charge on any atom is -0.535 e. The van der Waals surface area contributed by atoms with Gasteiger partial charge in [0, 0.05) is 31.4 Å². The second-order valence-corrected chi connectivity index (χ2v) is 7.40. The molecule has 0 amide bonds. The summed E-state index contributed by atoms with van der Waals surface area (Å²) in [4.78, 5) is 26.4. The zero-order valence-electron chi connectivity index (χ0n) is 15.5. The van der Waals surface area contributed by atoms with Crippen molar-refractivity contribution in [2.45, 2.75) is 44.5 Å². The molecule has 2 aliphatic rings.